The van der Waals surface area contributed by atoms with Crippen LogP contribution in [-0.4, -0.2) is 19.9 Å². The number of para-hydroxylation sites is 4. The lowest BCUT2D eigenvalue weighted by molar-refractivity contribution is 1.15. The quantitative estimate of drug-likeness (QED) is 0.173. The van der Waals surface area contributed by atoms with Gasteiger partial charge in [0.1, 0.15) is 11.0 Å². The number of fused-ring (bicyclic) bond motifs is 1. The van der Waals surface area contributed by atoms with Gasteiger partial charge in [0.25, 0.3) is 0 Å². The van der Waals surface area contributed by atoms with Crippen LogP contribution in [0.25, 0.3) is 11.0 Å². The Kier molecular flexibility index (Phi) is 6.42. The van der Waals surface area contributed by atoms with Gasteiger partial charge in [-0.05, 0) is 48.5 Å². The number of hydrogen-bond donors (Lipinski definition) is 4. The normalized spacial score (nSPS) is 10.6. The summed E-state index contributed by atoms with van der Waals surface area (Å²) >= 11 is 0. The highest BCUT2D eigenvalue weighted by Gasteiger charge is 2.17. The van der Waals surface area contributed by atoms with Crippen LogP contribution in [0.4, 0.5) is 46.3 Å². The number of aromatic nitrogens is 4. The van der Waals surface area contributed by atoms with Crippen LogP contribution in [-0.2, 0) is 0 Å². The smallest absolute Gasteiger partial charge is 0.230 e. The molecule has 4 aromatic carbocycles. The van der Waals surface area contributed by atoms with Crippen LogP contribution in [0.5, 0.6) is 0 Å². The molecule has 184 valence electrons. The second-order valence-electron chi connectivity index (χ2n) is 8.45. The molecule has 0 aliphatic rings. The summed E-state index contributed by atoms with van der Waals surface area (Å²) in [5.74, 6) is 1.94. The van der Waals surface area contributed by atoms with Crippen molar-refractivity contribution in [3.05, 3.63) is 121 Å². The van der Waals surface area contributed by atoms with Crippen molar-refractivity contribution >= 4 is 57.3 Å². The highest BCUT2D eigenvalue weighted by Crippen LogP contribution is 2.32. The Morgan fingerprint density at radius 3 is 0.921 bits per heavy atom. The Labute approximate surface area is 219 Å². The summed E-state index contributed by atoms with van der Waals surface area (Å²) in [7, 11) is 0. The molecule has 2 heterocycles. The molecular formula is C30H24N8. The van der Waals surface area contributed by atoms with E-state index in [9.17, 15) is 0 Å². The van der Waals surface area contributed by atoms with Gasteiger partial charge in [0.15, 0.2) is 11.6 Å². The number of benzene rings is 4. The zero-order chi connectivity index (χ0) is 25.6. The molecule has 0 fully saturated rings. The van der Waals surface area contributed by atoms with Gasteiger partial charge < -0.3 is 21.3 Å². The van der Waals surface area contributed by atoms with Crippen molar-refractivity contribution in [2.45, 2.75) is 0 Å². The van der Waals surface area contributed by atoms with Crippen molar-refractivity contribution < 1.29 is 0 Å². The first-order valence-corrected chi connectivity index (χ1v) is 12.2. The van der Waals surface area contributed by atoms with Crippen LogP contribution in [0.2, 0.25) is 0 Å². The summed E-state index contributed by atoms with van der Waals surface area (Å²) in [6, 6.07) is 39.3. The van der Waals surface area contributed by atoms with Gasteiger partial charge in [0.2, 0.25) is 11.9 Å². The Morgan fingerprint density at radius 2 is 0.605 bits per heavy atom. The Bertz CT molecular complexity index is 1520. The molecule has 0 saturated carbocycles. The predicted molar refractivity (Wildman–Crippen MR) is 154 cm³/mol. The number of nitrogens with one attached hydrogen (secondary N) is 4. The summed E-state index contributed by atoms with van der Waals surface area (Å²) in [4.78, 5) is 19.3. The monoisotopic (exact) mass is 496 g/mol. The highest BCUT2D eigenvalue weighted by molar-refractivity contribution is 5.97. The van der Waals surface area contributed by atoms with E-state index in [4.69, 9.17) is 19.9 Å². The van der Waals surface area contributed by atoms with Crippen molar-refractivity contribution in [1.29, 1.82) is 0 Å². The maximum Gasteiger partial charge on any atom is 0.230 e. The van der Waals surface area contributed by atoms with E-state index in [1.54, 1.807) is 0 Å². The standard InChI is InChI=1S/C30H24N8/c1-5-13-21(14-6-1)31-27-25-26(36-29(37-27)33-23-17-9-3-10-18-23)28(32-22-15-7-2-8-16-22)38-30(35-25)34-24-19-11-4-12-20-24/h1-20H,(H2,31,33,36,37)(H2,32,34,35,38). The fourth-order valence-electron chi connectivity index (χ4n) is 3.92. The summed E-state index contributed by atoms with van der Waals surface area (Å²) in [6.45, 7) is 0. The lowest BCUT2D eigenvalue weighted by Gasteiger charge is -2.16. The Balaban J connectivity index is 1.52. The van der Waals surface area contributed by atoms with E-state index in [0.29, 0.717) is 34.6 Å². The number of rotatable bonds is 8. The van der Waals surface area contributed by atoms with Crippen LogP contribution in [0, 0.1) is 0 Å². The van der Waals surface area contributed by atoms with Crippen molar-refractivity contribution in [3.8, 4) is 0 Å². The molecule has 0 bridgehead atoms. The average Bonchev–Trinajstić information content (AvgIpc) is 2.96. The predicted octanol–water partition coefficient (Wildman–Crippen LogP) is 7.39. The summed E-state index contributed by atoms with van der Waals surface area (Å²) in [6.07, 6.45) is 0. The van der Waals surface area contributed by atoms with Crippen LogP contribution in [0.15, 0.2) is 121 Å². The number of hydrogen-bond acceptors (Lipinski definition) is 8. The molecular weight excluding hydrogens is 472 g/mol. The van der Waals surface area contributed by atoms with Crippen LogP contribution in [0.3, 0.4) is 0 Å². The minimum absolute atomic E-state index is 0.422. The van der Waals surface area contributed by atoms with E-state index in [2.05, 4.69) is 21.3 Å². The topological polar surface area (TPSA) is 99.7 Å². The first-order valence-electron chi connectivity index (χ1n) is 12.2. The minimum Gasteiger partial charge on any atom is -0.338 e. The molecule has 6 rings (SSSR count). The number of anilines is 8. The van der Waals surface area contributed by atoms with Gasteiger partial charge in [0, 0.05) is 22.7 Å². The van der Waals surface area contributed by atoms with Gasteiger partial charge in [-0.2, -0.15) is 9.97 Å². The third-order valence-corrected chi connectivity index (χ3v) is 5.68. The van der Waals surface area contributed by atoms with Crippen molar-refractivity contribution in [3.63, 3.8) is 0 Å². The molecule has 0 unspecified atom stereocenters. The van der Waals surface area contributed by atoms with E-state index in [1.165, 1.54) is 0 Å². The first-order chi connectivity index (χ1) is 18.8. The molecule has 4 N–H and O–H groups in total. The zero-order valence-electron chi connectivity index (χ0n) is 20.3. The summed E-state index contributed by atoms with van der Waals surface area (Å²) < 4.78 is 0. The second kappa shape index (κ2) is 10.6. The van der Waals surface area contributed by atoms with Gasteiger partial charge in [-0.1, -0.05) is 72.8 Å². The van der Waals surface area contributed by atoms with Crippen molar-refractivity contribution in [1.82, 2.24) is 19.9 Å². The maximum atomic E-state index is 4.84. The van der Waals surface area contributed by atoms with E-state index >= 15 is 0 Å². The van der Waals surface area contributed by atoms with Gasteiger partial charge in [-0.3, -0.25) is 0 Å². The van der Waals surface area contributed by atoms with Crippen molar-refractivity contribution in [2.75, 3.05) is 21.3 Å². The maximum absolute atomic E-state index is 4.84. The minimum atomic E-state index is 0.422. The van der Waals surface area contributed by atoms with Crippen LogP contribution in [0.1, 0.15) is 0 Å². The molecule has 0 aliphatic carbocycles. The van der Waals surface area contributed by atoms with Crippen LogP contribution >= 0.6 is 0 Å². The molecule has 0 aliphatic heterocycles. The molecule has 0 amide bonds. The van der Waals surface area contributed by atoms with Gasteiger partial charge in [-0.25, -0.2) is 9.97 Å². The van der Waals surface area contributed by atoms with E-state index in [1.807, 2.05) is 121 Å². The lowest BCUT2D eigenvalue weighted by Crippen LogP contribution is -2.08. The van der Waals surface area contributed by atoms with Crippen molar-refractivity contribution in [2.24, 2.45) is 0 Å². The largest absolute Gasteiger partial charge is 0.338 e. The molecule has 8 heteroatoms. The van der Waals surface area contributed by atoms with E-state index in [0.717, 1.165) is 22.7 Å². The molecule has 0 spiro atoms. The van der Waals surface area contributed by atoms with E-state index < -0.39 is 0 Å². The average molecular weight is 497 g/mol. The third kappa shape index (κ3) is 5.34. The van der Waals surface area contributed by atoms with Gasteiger partial charge in [0.05, 0.1) is 0 Å². The first kappa shape index (κ1) is 22.9. The second-order valence-corrected chi connectivity index (χ2v) is 8.45. The molecule has 8 nitrogen and oxygen atoms in total. The van der Waals surface area contributed by atoms with E-state index in [-0.39, 0.29) is 0 Å². The molecule has 0 atom stereocenters. The Morgan fingerprint density at radius 1 is 0.316 bits per heavy atom. The fraction of sp³-hybridized carbons (Fsp3) is 0. The SMILES string of the molecule is c1ccc(Nc2nc(Nc3ccccc3)c3nc(Nc4ccccc4)nc(Nc4ccccc4)c3n2)cc1. The third-order valence-electron chi connectivity index (χ3n) is 5.68. The zero-order valence-corrected chi connectivity index (χ0v) is 20.3. The van der Waals surface area contributed by atoms with Crippen LogP contribution < -0.4 is 21.3 Å². The fourth-order valence-corrected chi connectivity index (χ4v) is 3.92. The molecule has 6 aromatic rings. The molecule has 38 heavy (non-hydrogen) atoms. The number of nitrogens with zero attached hydrogens (tertiary/aromatic N) is 4. The molecule has 0 saturated heterocycles. The molecule has 0 radical (unpaired) electrons. The lowest BCUT2D eigenvalue weighted by atomic mass is 10.3. The highest BCUT2D eigenvalue weighted by atomic mass is 15.2. The molecule has 2 aromatic heterocycles. The van der Waals surface area contributed by atoms with Gasteiger partial charge >= 0.3 is 0 Å². The van der Waals surface area contributed by atoms with Gasteiger partial charge in [-0.15, -0.1) is 0 Å². The Hall–Kier alpha value is -5.50. The summed E-state index contributed by atoms with van der Waals surface area (Å²) in [5, 5.41) is 13.4. The summed E-state index contributed by atoms with van der Waals surface area (Å²) in [5.41, 5.74) is 4.65.